The minimum absolute atomic E-state index is 0.0609. The molecular formula is C18H27NO4. The van der Waals surface area contributed by atoms with Gasteiger partial charge in [0.15, 0.2) is 0 Å². The van der Waals surface area contributed by atoms with Crippen LogP contribution >= 0.6 is 0 Å². The zero-order chi connectivity index (χ0) is 17.1. The number of ether oxygens (including phenoxy) is 3. The van der Waals surface area contributed by atoms with Crippen LogP contribution in [-0.2, 0) is 14.3 Å². The van der Waals surface area contributed by atoms with E-state index in [4.69, 9.17) is 14.2 Å². The van der Waals surface area contributed by atoms with Crippen LogP contribution in [0.25, 0.3) is 6.08 Å². The molecule has 1 rings (SSSR count). The number of carbonyl (C=O) groups excluding carboxylic acids is 1. The molecule has 1 aromatic rings. The molecule has 0 saturated heterocycles. The molecular weight excluding hydrogens is 294 g/mol. The molecule has 0 saturated carbocycles. The lowest BCUT2D eigenvalue weighted by atomic mass is 10.2. The average molecular weight is 321 g/mol. The minimum atomic E-state index is -0.0609. The minimum Gasteiger partial charge on any atom is -0.491 e. The van der Waals surface area contributed by atoms with Gasteiger partial charge in [-0.3, -0.25) is 4.79 Å². The summed E-state index contributed by atoms with van der Waals surface area (Å²) in [6.45, 7) is 6.05. The van der Waals surface area contributed by atoms with E-state index in [0.29, 0.717) is 26.3 Å². The fourth-order valence-corrected chi connectivity index (χ4v) is 1.97. The summed E-state index contributed by atoms with van der Waals surface area (Å²) in [5, 5.41) is 0. The smallest absolute Gasteiger partial charge is 0.246 e. The van der Waals surface area contributed by atoms with E-state index in [1.165, 1.54) is 0 Å². The Morgan fingerprint density at radius 1 is 1.17 bits per heavy atom. The number of amides is 1. The molecule has 0 aliphatic carbocycles. The molecule has 0 aliphatic rings. The molecule has 128 valence electrons. The number of hydrogen-bond acceptors (Lipinski definition) is 4. The van der Waals surface area contributed by atoms with Crippen LogP contribution in [0.4, 0.5) is 0 Å². The van der Waals surface area contributed by atoms with Gasteiger partial charge in [-0.1, -0.05) is 12.1 Å². The largest absolute Gasteiger partial charge is 0.491 e. The van der Waals surface area contributed by atoms with Gasteiger partial charge in [0.25, 0.3) is 0 Å². The van der Waals surface area contributed by atoms with E-state index < -0.39 is 0 Å². The number of benzene rings is 1. The van der Waals surface area contributed by atoms with Crippen LogP contribution in [0.1, 0.15) is 19.4 Å². The van der Waals surface area contributed by atoms with Crippen molar-refractivity contribution in [3.63, 3.8) is 0 Å². The van der Waals surface area contributed by atoms with E-state index in [1.54, 1.807) is 31.3 Å². The van der Waals surface area contributed by atoms with E-state index in [0.717, 1.165) is 11.3 Å². The fraction of sp³-hybridized carbons (Fsp3) is 0.500. The molecule has 1 aromatic carbocycles. The lowest BCUT2D eigenvalue weighted by Gasteiger charge is -2.20. The number of carbonyl (C=O) groups is 1. The van der Waals surface area contributed by atoms with Gasteiger partial charge >= 0.3 is 0 Å². The summed E-state index contributed by atoms with van der Waals surface area (Å²) in [5.41, 5.74) is 0.926. The van der Waals surface area contributed by atoms with Gasteiger partial charge in [-0.2, -0.15) is 0 Å². The number of nitrogens with zero attached hydrogens (tertiary/aromatic N) is 1. The molecule has 0 fully saturated rings. The molecule has 0 radical (unpaired) electrons. The molecule has 5 nitrogen and oxygen atoms in total. The molecule has 1 amide bonds. The Balaban J connectivity index is 2.70. The summed E-state index contributed by atoms with van der Waals surface area (Å²) >= 11 is 0. The van der Waals surface area contributed by atoms with Crippen LogP contribution in [0.15, 0.2) is 30.3 Å². The highest BCUT2D eigenvalue weighted by Gasteiger charge is 2.09. The predicted molar refractivity (Wildman–Crippen MR) is 91.6 cm³/mol. The lowest BCUT2D eigenvalue weighted by Crippen LogP contribution is -2.35. The first-order valence-corrected chi connectivity index (χ1v) is 7.78. The lowest BCUT2D eigenvalue weighted by molar-refractivity contribution is -0.127. The van der Waals surface area contributed by atoms with Gasteiger partial charge in [0, 0.05) is 33.4 Å². The second-order valence-electron chi connectivity index (χ2n) is 5.38. The van der Waals surface area contributed by atoms with Gasteiger partial charge in [0.2, 0.25) is 5.91 Å². The quantitative estimate of drug-likeness (QED) is 0.622. The molecule has 0 bridgehead atoms. The van der Waals surface area contributed by atoms with Crippen LogP contribution in [0.5, 0.6) is 5.75 Å². The summed E-state index contributed by atoms with van der Waals surface area (Å²) < 4.78 is 15.7. The molecule has 0 N–H and O–H groups in total. The van der Waals surface area contributed by atoms with E-state index in [9.17, 15) is 4.79 Å². The van der Waals surface area contributed by atoms with Gasteiger partial charge in [-0.05, 0) is 37.6 Å². The second-order valence-corrected chi connectivity index (χ2v) is 5.38. The molecule has 0 atom stereocenters. The Kier molecular flexibility index (Phi) is 9.02. The fourth-order valence-electron chi connectivity index (χ4n) is 1.97. The predicted octanol–water partition coefficient (Wildman–Crippen LogP) is 2.61. The third-order valence-corrected chi connectivity index (χ3v) is 3.09. The standard InChI is InChI=1S/C18H27NO4/c1-15(2)23-17-7-5-6-16(14-17)8-9-18(20)19(10-12-21-3)11-13-22-4/h5-9,14-15H,10-13H2,1-4H3/b9-8+. The molecule has 0 aromatic heterocycles. The normalized spacial score (nSPS) is 11.2. The van der Waals surface area contributed by atoms with Crippen molar-refractivity contribution in [2.24, 2.45) is 0 Å². The zero-order valence-corrected chi connectivity index (χ0v) is 14.5. The van der Waals surface area contributed by atoms with Crippen LogP contribution in [-0.4, -0.2) is 57.4 Å². The Morgan fingerprint density at radius 3 is 2.39 bits per heavy atom. The highest BCUT2D eigenvalue weighted by molar-refractivity contribution is 5.91. The molecule has 0 aliphatic heterocycles. The Hall–Kier alpha value is -1.85. The van der Waals surface area contributed by atoms with Crippen molar-refractivity contribution in [3.05, 3.63) is 35.9 Å². The van der Waals surface area contributed by atoms with Gasteiger partial charge in [0.05, 0.1) is 19.3 Å². The van der Waals surface area contributed by atoms with Gasteiger partial charge in [0.1, 0.15) is 5.75 Å². The van der Waals surface area contributed by atoms with Crippen molar-refractivity contribution < 1.29 is 19.0 Å². The highest BCUT2D eigenvalue weighted by Crippen LogP contribution is 2.16. The topological polar surface area (TPSA) is 48.0 Å². The molecule has 23 heavy (non-hydrogen) atoms. The van der Waals surface area contributed by atoms with Crippen molar-refractivity contribution in [2.45, 2.75) is 20.0 Å². The van der Waals surface area contributed by atoms with Crippen LogP contribution < -0.4 is 4.74 Å². The van der Waals surface area contributed by atoms with Crippen molar-refractivity contribution >= 4 is 12.0 Å². The highest BCUT2D eigenvalue weighted by atomic mass is 16.5. The molecule has 0 unspecified atom stereocenters. The summed E-state index contributed by atoms with van der Waals surface area (Å²) in [6, 6.07) is 7.67. The third kappa shape index (κ3) is 7.81. The maximum Gasteiger partial charge on any atom is 0.246 e. The van der Waals surface area contributed by atoms with Crippen molar-refractivity contribution in [3.8, 4) is 5.75 Å². The maximum absolute atomic E-state index is 12.3. The first-order valence-electron chi connectivity index (χ1n) is 7.78. The monoisotopic (exact) mass is 321 g/mol. The van der Waals surface area contributed by atoms with Crippen molar-refractivity contribution in [2.75, 3.05) is 40.5 Å². The number of methoxy groups -OCH3 is 2. The summed E-state index contributed by atoms with van der Waals surface area (Å²) in [6.07, 6.45) is 3.48. The van der Waals surface area contributed by atoms with Crippen molar-refractivity contribution in [1.29, 1.82) is 0 Å². The first-order chi connectivity index (χ1) is 11.1. The Bertz CT molecular complexity index is 492. The average Bonchev–Trinajstić information content (AvgIpc) is 2.52. The molecule has 0 spiro atoms. The van der Waals surface area contributed by atoms with Crippen molar-refractivity contribution in [1.82, 2.24) is 4.90 Å². The van der Waals surface area contributed by atoms with Gasteiger partial charge in [-0.15, -0.1) is 0 Å². The summed E-state index contributed by atoms with van der Waals surface area (Å²) in [7, 11) is 3.24. The van der Waals surface area contributed by atoms with E-state index in [1.807, 2.05) is 38.1 Å². The summed E-state index contributed by atoms with van der Waals surface area (Å²) in [5.74, 6) is 0.736. The van der Waals surface area contributed by atoms with Crippen LogP contribution in [0.2, 0.25) is 0 Å². The number of rotatable bonds is 10. The zero-order valence-electron chi connectivity index (χ0n) is 14.5. The van der Waals surface area contributed by atoms with Gasteiger partial charge < -0.3 is 19.1 Å². The SMILES string of the molecule is COCCN(CCOC)C(=O)/C=C/c1cccc(OC(C)C)c1. The Morgan fingerprint density at radius 2 is 1.83 bits per heavy atom. The Labute approximate surface area is 138 Å². The van der Waals surface area contributed by atoms with E-state index >= 15 is 0 Å². The van der Waals surface area contributed by atoms with E-state index in [-0.39, 0.29) is 12.0 Å². The van der Waals surface area contributed by atoms with Crippen LogP contribution in [0, 0.1) is 0 Å². The maximum atomic E-state index is 12.3. The molecule has 0 heterocycles. The third-order valence-electron chi connectivity index (χ3n) is 3.09. The number of hydrogen-bond donors (Lipinski definition) is 0. The van der Waals surface area contributed by atoms with Crippen LogP contribution in [0.3, 0.4) is 0 Å². The summed E-state index contributed by atoms with van der Waals surface area (Å²) in [4.78, 5) is 14.0. The molecule has 5 heteroatoms. The second kappa shape index (κ2) is 10.8. The van der Waals surface area contributed by atoms with Gasteiger partial charge in [-0.25, -0.2) is 0 Å². The first kappa shape index (κ1) is 19.2. The van der Waals surface area contributed by atoms with E-state index in [2.05, 4.69) is 0 Å².